The van der Waals surface area contributed by atoms with Gasteiger partial charge in [-0.2, -0.15) is 0 Å². The number of hydrogen-bond donors (Lipinski definition) is 0. The highest BCUT2D eigenvalue weighted by atomic mass is 19.4. The number of halogens is 5. The zero-order valence-corrected chi connectivity index (χ0v) is 11.3. The summed E-state index contributed by atoms with van der Waals surface area (Å²) in [6.45, 7) is 3.34. The summed E-state index contributed by atoms with van der Waals surface area (Å²) in [7, 11) is 0. The molecule has 2 rings (SSSR count). The summed E-state index contributed by atoms with van der Waals surface area (Å²) in [6, 6.07) is 9.22. The van der Waals surface area contributed by atoms with Crippen LogP contribution in [0.4, 0.5) is 22.0 Å². The van der Waals surface area contributed by atoms with Crippen LogP contribution in [-0.2, 0) is 0 Å². The van der Waals surface area contributed by atoms with E-state index in [2.05, 4.69) is 4.74 Å². The Bertz CT molecular complexity index is 542. The van der Waals surface area contributed by atoms with Gasteiger partial charge < -0.3 is 4.74 Å². The summed E-state index contributed by atoms with van der Waals surface area (Å²) in [5, 5.41) is 0. The smallest absolute Gasteiger partial charge is 0.406 e. The fraction of sp³-hybridized carbons (Fsp3) is 0.200. The minimum absolute atomic E-state index is 0.178. The minimum Gasteiger partial charge on any atom is -0.406 e. The van der Waals surface area contributed by atoms with Gasteiger partial charge in [0.05, 0.1) is 0 Å². The Balaban J connectivity index is 0.000000219. The van der Waals surface area contributed by atoms with Crippen molar-refractivity contribution in [1.29, 1.82) is 0 Å². The van der Waals surface area contributed by atoms with Crippen LogP contribution in [0, 0.1) is 25.5 Å². The molecular formula is C15H13F5O. The van der Waals surface area contributed by atoms with Crippen molar-refractivity contribution in [3.05, 3.63) is 65.2 Å². The molecule has 0 heterocycles. The molecule has 0 amide bonds. The van der Waals surface area contributed by atoms with E-state index in [0.29, 0.717) is 5.56 Å². The standard InChI is InChI=1S/C8H7F3O.C7H6F2/c1-6-3-2-4-7(5-6)12-8(9,10)11;1-5-2-6(8)4-7(9)3-5/h2-5H,1H3;2-4H,1H3. The topological polar surface area (TPSA) is 9.23 Å². The molecule has 0 bridgehead atoms. The molecule has 2 aromatic rings. The van der Waals surface area contributed by atoms with E-state index >= 15 is 0 Å². The molecule has 2 aromatic carbocycles. The van der Waals surface area contributed by atoms with Crippen LogP contribution in [0.25, 0.3) is 0 Å². The third kappa shape index (κ3) is 7.29. The van der Waals surface area contributed by atoms with E-state index in [0.717, 1.165) is 11.6 Å². The first-order valence-corrected chi connectivity index (χ1v) is 5.91. The Morgan fingerprint density at radius 2 is 1.38 bits per heavy atom. The maximum Gasteiger partial charge on any atom is 0.573 e. The Hall–Kier alpha value is -2.11. The fourth-order valence-electron chi connectivity index (χ4n) is 1.50. The van der Waals surface area contributed by atoms with E-state index in [1.807, 2.05) is 0 Å². The molecule has 0 fully saturated rings. The highest BCUT2D eigenvalue weighted by Crippen LogP contribution is 2.22. The van der Waals surface area contributed by atoms with Gasteiger partial charge in [0.2, 0.25) is 0 Å². The lowest BCUT2D eigenvalue weighted by molar-refractivity contribution is -0.274. The van der Waals surface area contributed by atoms with Gasteiger partial charge in [0.1, 0.15) is 17.4 Å². The molecule has 0 saturated heterocycles. The predicted octanol–water partition coefficient (Wildman–Crippen LogP) is 5.17. The number of alkyl halides is 3. The van der Waals surface area contributed by atoms with Crippen LogP contribution in [0.15, 0.2) is 42.5 Å². The lowest BCUT2D eigenvalue weighted by Crippen LogP contribution is -2.17. The van der Waals surface area contributed by atoms with Gasteiger partial charge in [-0.15, -0.1) is 13.2 Å². The molecule has 0 unspecified atom stereocenters. The van der Waals surface area contributed by atoms with Gasteiger partial charge in [-0.3, -0.25) is 0 Å². The molecule has 114 valence electrons. The fourth-order valence-corrected chi connectivity index (χ4v) is 1.50. The molecule has 0 aliphatic rings. The lowest BCUT2D eigenvalue weighted by Gasteiger charge is -2.08. The van der Waals surface area contributed by atoms with E-state index in [1.165, 1.54) is 30.3 Å². The van der Waals surface area contributed by atoms with Crippen LogP contribution in [0.3, 0.4) is 0 Å². The first-order chi connectivity index (χ1) is 9.65. The van der Waals surface area contributed by atoms with Crippen molar-refractivity contribution in [1.82, 2.24) is 0 Å². The average Bonchev–Trinajstić information content (AvgIpc) is 2.24. The van der Waals surface area contributed by atoms with Crippen molar-refractivity contribution in [2.75, 3.05) is 0 Å². The van der Waals surface area contributed by atoms with Gasteiger partial charge in [-0.05, 0) is 49.2 Å². The summed E-state index contributed by atoms with van der Waals surface area (Å²) in [5.74, 6) is -1.22. The molecule has 0 aromatic heterocycles. The van der Waals surface area contributed by atoms with E-state index in [1.54, 1.807) is 19.9 Å². The van der Waals surface area contributed by atoms with Crippen LogP contribution in [-0.4, -0.2) is 6.36 Å². The lowest BCUT2D eigenvalue weighted by atomic mass is 10.2. The summed E-state index contributed by atoms with van der Waals surface area (Å²) >= 11 is 0. The normalized spacial score (nSPS) is 10.6. The summed E-state index contributed by atoms with van der Waals surface area (Å²) in [6.07, 6.45) is -4.60. The van der Waals surface area contributed by atoms with Crippen LogP contribution < -0.4 is 4.74 Å². The van der Waals surface area contributed by atoms with Gasteiger partial charge >= 0.3 is 6.36 Å². The second kappa shape index (κ2) is 7.06. The van der Waals surface area contributed by atoms with Crippen molar-refractivity contribution in [2.24, 2.45) is 0 Å². The van der Waals surface area contributed by atoms with Gasteiger partial charge in [0.15, 0.2) is 0 Å². The highest BCUT2D eigenvalue weighted by molar-refractivity contribution is 5.27. The molecule has 0 aliphatic carbocycles. The largest absolute Gasteiger partial charge is 0.573 e. The monoisotopic (exact) mass is 304 g/mol. The minimum atomic E-state index is -4.60. The quantitative estimate of drug-likeness (QED) is 0.661. The maximum atomic E-state index is 12.2. The maximum absolute atomic E-state index is 12.2. The zero-order valence-electron chi connectivity index (χ0n) is 11.3. The summed E-state index contributed by atoms with van der Waals surface area (Å²) in [4.78, 5) is 0. The van der Waals surface area contributed by atoms with Crippen molar-refractivity contribution in [3.63, 3.8) is 0 Å². The molecule has 0 atom stereocenters. The summed E-state index contributed by atoms with van der Waals surface area (Å²) < 4.78 is 63.0. The van der Waals surface area contributed by atoms with E-state index < -0.39 is 18.0 Å². The molecule has 0 N–H and O–H groups in total. The van der Waals surface area contributed by atoms with Crippen LogP contribution in [0.5, 0.6) is 5.75 Å². The SMILES string of the molecule is Cc1cc(F)cc(F)c1.Cc1cccc(OC(F)(F)F)c1. The number of ether oxygens (including phenoxy) is 1. The molecular weight excluding hydrogens is 291 g/mol. The number of rotatable bonds is 1. The average molecular weight is 304 g/mol. The van der Waals surface area contributed by atoms with Crippen LogP contribution in [0.2, 0.25) is 0 Å². The van der Waals surface area contributed by atoms with E-state index in [9.17, 15) is 22.0 Å². The number of benzene rings is 2. The Labute approximate surface area is 119 Å². The number of aryl methyl sites for hydroxylation is 2. The molecule has 0 saturated carbocycles. The van der Waals surface area contributed by atoms with Gasteiger partial charge in [0.25, 0.3) is 0 Å². The highest BCUT2D eigenvalue weighted by Gasteiger charge is 2.30. The van der Waals surface area contributed by atoms with Crippen molar-refractivity contribution < 1.29 is 26.7 Å². The van der Waals surface area contributed by atoms with Crippen molar-refractivity contribution in [2.45, 2.75) is 20.2 Å². The molecule has 0 spiro atoms. The molecule has 1 nitrogen and oxygen atoms in total. The second-order valence-corrected chi connectivity index (χ2v) is 4.31. The summed E-state index contributed by atoms with van der Waals surface area (Å²) in [5.41, 5.74) is 1.34. The van der Waals surface area contributed by atoms with Crippen LogP contribution >= 0.6 is 0 Å². The third-order valence-electron chi connectivity index (χ3n) is 2.23. The Morgan fingerprint density at radius 1 is 0.810 bits per heavy atom. The second-order valence-electron chi connectivity index (χ2n) is 4.31. The van der Waals surface area contributed by atoms with Gasteiger partial charge in [0, 0.05) is 6.07 Å². The molecule has 0 aliphatic heterocycles. The predicted molar refractivity (Wildman–Crippen MR) is 69.0 cm³/mol. The van der Waals surface area contributed by atoms with Gasteiger partial charge in [-0.25, -0.2) is 8.78 Å². The molecule has 6 heteroatoms. The first kappa shape index (κ1) is 16.9. The van der Waals surface area contributed by atoms with Crippen LogP contribution in [0.1, 0.15) is 11.1 Å². The molecule has 0 radical (unpaired) electrons. The Kier molecular flexibility index (Phi) is 5.69. The van der Waals surface area contributed by atoms with Crippen molar-refractivity contribution in [3.8, 4) is 5.75 Å². The van der Waals surface area contributed by atoms with E-state index in [4.69, 9.17) is 0 Å². The van der Waals surface area contributed by atoms with E-state index in [-0.39, 0.29) is 5.75 Å². The zero-order chi connectivity index (χ0) is 16.0. The van der Waals surface area contributed by atoms with Gasteiger partial charge in [-0.1, -0.05) is 12.1 Å². The Morgan fingerprint density at radius 3 is 1.81 bits per heavy atom. The number of hydrogen-bond acceptors (Lipinski definition) is 1. The third-order valence-corrected chi connectivity index (χ3v) is 2.23. The first-order valence-electron chi connectivity index (χ1n) is 5.91. The molecule has 21 heavy (non-hydrogen) atoms. The van der Waals surface area contributed by atoms with Crippen molar-refractivity contribution >= 4 is 0 Å².